The van der Waals surface area contributed by atoms with Crippen LogP contribution in [0, 0.1) is 0 Å². The lowest BCUT2D eigenvalue weighted by Gasteiger charge is -2.02. The minimum Gasteiger partial charge on any atom is -0.466 e. The van der Waals surface area contributed by atoms with Crippen LogP contribution in [0.2, 0.25) is 0 Å². The van der Waals surface area contributed by atoms with Gasteiger partial charge in [-0.2, -0.15) is 11.8 Å². The van der Waals surface area contributed by atoms with Gasteiger partial charge in [-0.3, -0.25) is 4.79 Å². The minimum absolute atomic E-state index is 0.0783. The zero-order valence-electron chi connectivity index (χ0n) is 9.54. The predicted molar refractivity (Wildman–Crippen MR) is 64.1 cm³/mol. The molecule has 15 heavy (non-hydrogen) atoms. The fourth-order valence-electron chi connectivity index (χ4n) is 1.15. The number of aliphatic hydroxyl groups is 1. The van der Waals surface area contributed by atoms with Gasteiger partial charge in [-0.25, -0.2) is 0 Å². The number of ether oxygens (including phenoxy) is 1. The summed E-state index contributed by atoms with van der Waals surface area (Å²) >= 11 is 1.87. The SMILES string of the molecule is CCOC(=O)CCCCCSCCCO. The Morgan fingerprint density at radius 3 is 2.60 bits per heavy atom. The number of hydrogen-bond acceptors (Lipinski definition) is 4. The van der Waals surface area contributed by atoms with Crippen LogP contribution in [0.5, 0.6) is 0 Å². The van der Waals surface area contributed by atoms with Crippen molar-refractivity contribution >= 4 is 17.7 Å². The number of rotatable bonds is 10. The maximum Gasteiger partial charge on any atom is 0.305 e. The van der Waals surface area contributed by atoms with Crippen LogP contribution in [0.25, 0.3) is 0 Å². The van der Waals surface area contributed by atoms with Crippen molar-refractivity contribution in [2.24, 2.45) is 0 Å². The first-order valence-corrected chi connectivity index (χ1v) is 6.81. The molecule has 4 heteroatoms. The Bertz CT molecular complexity index is 151. The molecule has 1 N–H and O–H groups in total. The normalized spacial score (nSPS) is 10.3. The fourth-order valence-corrected chi connectivity index (χ4v) is 2.10. The monoisotopic (exact) mass is 234 g/mol. The first-order chi connectivity index (χ1) is 7.31. The van der Waals surface area contributed by atoms with Gasteiger partial charge in [0.15, 0.2) is 0 Å². The minimum atomic E-state index is -0.0783. The molecule has 0 aliphatic heterocycles. The van der Waals surface area contributed by atoms with Gasteiger partial charge in [-0.15, -0.1) is 0 Å². The van der Waals surface area contributed by atoms with E-state index < -0.39 is 0 Å². The number of hydrogen-bond donors (Lipinski definition) is 1. The molecular weight excluding hydrogens is 212 g/mol. The third-order valence-electron chi connectivity index (χ3n) is 1.92. The molecule has 0 aromatic carbocycles. The van der Waals surface area contributed by atoms with E-state index in [-0.39, 0.29) is 12.6 Å². The number of carbonyl (C=O) groups is 1. The molecule has 90 valence electrons. The zero-order chi connectivity index (χ0) is 11.4. The van der Waals surface area contributed by atoms with Crippen LogP contribution in [0.1, 0.15) is 39.0 Å². The summed E-state index contributed by atoms with van der Waals surface area (Å²) in [6, 6.07) is 0. The van der Waals surface area contributed by atoms with E-state index in [1.165, 1.54) is 0 Å². The molecule has 0 aliphatic carbocycles. The highest BCUT2D eigenvalue weighted by Gasteiger charge is 2.00. The van der Waals surface area contributed by atoms with Crippen LogP contribution in [0.3, 0.4) is 0 Å². The smallest absolute Gasteiger partial charge is 0.305 e. The lowest BCUT2D eigenvalue weighted by molar-refractivity contribution is -0.143. The van der Waals surface area contributed by atoms with Gasteiger partial charge in [0, 0.05) is 13.0 Å². The summed E-state index contributed by atoms with van der Waals surface area (Å²) in [5, 5.41) is 8.55. The number of thioether (sulfide) groups is 1. The molecule has 0 aromatic heterocycles. The van der Waals surface area contributed by atoms with Crippen LogP contribution in [0.15, 0.2) is 0 Å². The Kier molecular flexibility index (Phi) is 11.7. The van der Waals surface area contributed by atoms with Crippen LogP contribution in [-0.2, 0) is 9.53 Å². The van der Waals surface area contributed by atoms with E-state index in [2.05, 4.69) is 0 Å². The number of unbranched alkanes of at least 4 members (excludes halogenated alkanes) is 2. The Morgan fingerprint density at radius 1 is 1.20 bits per heavy atom. The molecule has 0 heterocycles. The van der Waals surface area contributed by atoms with E-state index in [9.17, 15) is 4.79 Å². The van der Waals surface area contributed by atoms with Crippen molar-refractivity contribution in [1.82, 2.24) is 0 Å². The summed E-state index contributed by atoms with van der Waals surface area (Å²) < 4.78 is 4.83. The number of carbonyl (C=O) groups excluding carboxylic acids is 1. The van der Waals surface area contributed by atoms with Gasteiger partial charge in [-0.05, 0) is 37.7 Å². The van der Waals surface area contributed by atoms with Crippen LogP contribution < -0.4 is 0 Å². The molecular formula is C11H22O3S. The average molecular weight is 234 g/mol. The lowest BCUT2D eigenvalue weighted by Crippen LogP contribution is -2.03. The standard InChI is InChI=1S/C11H22O3S/c1-2-14-11(13)7-4-3-5-9-15-10-6-8-12/h12H,2-10H2,1H3. The fraction of sp³-hybridized carbons (Fsp3) is 0.909. The Hall–Kier alpha value is -0.220. The van der Waals surface area contributed by atoms with E-state index in [0.717, 1.165) is 37.2 Å². The molecule has 0 aliphatic rings. The first-order valence-electron chi connectivity index (χ1n) is 5.65. The highest BCUT2D eigenvalue weighted by atomic mass is 32.2. The van der Waals surface area contributed by atoms with Gasteiger partial charge >= 0.3 is 5.97 Å². The molecule has 0 saturated carbocycles. The van der Waals surface area contributed by atoms with Crippen molar-refractivity contribution in [2.75, 3.05) is 24.7 Å². The van der Waals surface area contributed by atoms with Gasteiger partial charge in [0.2, 0.25) is 0 Å². The second-order valence-corrected chi connectivity index (χ2v) is 4.53. The molecule has 0 amide bonds. The molecule has 0 fully saturated rings. The summed E-state index contributed by atoms with van der Waals surface area (Å²) in [6.45, 7) is 2.60. The van der Waals surface area contributed by atoms with Crippen LogP contribution in [0.4, 0.5) is 0 Å². The van der Waals surface area contributed by atoms with E-state index in [0.29, 0.717) is 13.0 Å². The van der Waals surface area contributed by atoms with Crippen molar-refractivity contribution in [3.8, 4) is 0 Å². The molecule has 0 saturated heterocycles. The molecule has 0 atom stereocenters. The molecule has 0 radical (unpaired) electrons. The van der Waals surface area contributed by atoms with Crippen LogP contribution >= 0.6 is 11.8 Å². The number of aliphatic hydroxyl groups excluding tert-OH is 1. The first kappa shape index (κ1) is 14.8. The highest BCUT2D eigenvalue weighted by Crippen LogP contribution is 2.08. The Balaban J connectivity index is 3.01. The molecule has 0 bridgehead atoms. The molecule has 0 spiro atoms. The highest BCUT2D eigenvalue weighted by molar-refractivity contribution is 7.99. The van der Waals surface area contributed by atoms with Gasteiger partial charge in [0.05, 0.1) is 6.61 Å². The second-order valence-electron chi connectivity index (χ2n) is 3.31. The summed E-state index contributed by atoms with van der Waals surface area (Å²) in [5.41, 5.74) is 0. The van der Waals surface area contributed by atoms with Gasteiger partial charge in [0.25, 0.3) is 0 Å². The topological polar surface area (TPSA) is 46.5 Å². The van der Waals surface area contributed by atoms with E-state index in [1.54, 1.807) is 0 Å². The van der Waals surface area contributed by atoms with Crippen molar-refractivity contribution in [3.05, 3.63) is 0 Å². The van der Waals surface area contributed by atoms with Gasteiger partial charge in [0.1, 0.15) is 0 Å². The van der Waals surface area contributed by atoms with Gasteiger partial charge < -0.3 is 9.84 Å². The Morgan fingerprint density at radius 2 is 1.93 bits per heavy atom. The van der Waals surface area contributed by atoms with Gasteiger partial charge in [-0.1, -0.05) is 6.42 Å². The van der Waals surface area contributed by atoms with E-state index in [4.69, 9.17) is 9.84 Å². The summed E-state index contributed by atoms with van der Waals surface area (Å²) in [7, 11) is 0. The van der Waals surface area contributed by atoms with Crippen molar-refractivity contribution < 1.29 is 14.6 Å². The number of esters is 1. The van der Waals surface area contributed by atoms with Crippen molar-refractivity contribution in [2.45, 2.75) is 39.0 Å². The average Bonchev–Trinajstić information content (AvgIpc) is 2.22. The largest absolute Gasteiger partial charge is 0.466 e. The molecule has 0 unspecified atom stereocenters. The molecule has 0 aromatic rings. The third-order valence-corrected chi connectivity index (χ3v) is 3.08. The van der Waals surface area contributed by atoms with Crippen molar-refractivity contribution in [3.63, 3.8) is 0 Å². The van der Waals surface area contributed by atoms with E-state index in [1.807, 2.05) is 18.7 Å². The third kappa shape index (κ3) is 11.7. The van der Waals surface area contributed by atoms with Crippen LogP contribution in [-0.4, -0.2) is 35.8 Å². The maximum atomic E-state index is 11.0. The maximum absolute atomic E-state index is 11.0. The molecule has 0 rings (SSSR count). The van der Waals surface area contributed by atoms with E-state index >= 15 is 0 Å². The second kappa shape index (κ2) is 11.9. The quantitative estimate of drug-likeness (QED) is 0.465. The summed E-state index contributed by atoms with van der Waals surface area (Å²) in [6.07, 6.45) is 4.60. The summed E-state index contributed by atoms with van der Waals surface area (Å²) in [5.74, 6) is 2.09. The summed E-state index contributed by atoms with van der Waals surface area (Å²) in [4.78, 5) is 11.0. The van der Waals surface area contributed by atoms with Crippen molar-refractivity contribution in [1.29, 1.82) is 0 Å². The zero-order valence-corrected chi connectivity index (χ0v) is 10.4. The predicted octanol–water partition coefficient (Wildman–Crippen LogP) is 2.23. The Labute approximate surface area is 96.6 Å². The molecule has 3 nitrogen and oxygen atoms in total. The lowest BCUT2D eigenvalue weighted by atomic mass is 10.2.